The highest BCUT2D eigenvalue weighted by atomic mass is 16.5. The molecule has 2 aromatic carbocycles. The second-order valence-electron chi connectivity index (χ2n) is 16.4. The van der Waals surface area contributed by atoms with Crippen LogP contribution in [0.15, 0.2) is 54.6 Å². The minimum Gasteiger partial charge on any atom is -0.493 e. The lowest BCUT2D eigenvalue weighted by atomic mass is 9.48. The first-order valence-corrected chi connectivity index (χ1v) is 19.2. The van der Waals surface area contributed by atoms with E-state index < -0.39 is 24.1 Å². The quantitative estimate of drug-likeness (QED) is 0.184. The molecule has 12 nitrogen and oxygen atoms in total. The minimum atomic E-state index is -1.31. The number of ether oxygens (including phenoxy) is 1. The van der Waals surface area contributed by atoms with Crippen LogP contribution in [0.3, 0.4) is 0 Å². The van der Waals surface area contributed by atoms with Gasteiger partial charge in [-0.15, -0.1) is 0 Å². The average molecular weight is 724 g/mol. The van der Waals surface area contributed by atoms with Gasteiger partial charge < -0.3 is 25.8 Å². The van der Waals surface area contributed by atoms with Gasteiger partial charge in [-0.25, -0.2) is 0 Å². The number of imide groups is 1. The van der Waals surface area contributed by atoms with E-state index in [1.54, 1.807) is 24.3 Å². The Morgan fingerprint density at radius 1 is 1.00 bits per heavy atom. The fourth-order valence-electron chi connectivity index (χ4n) is 11.0. The van der Waals surface area contributed by atoms with Gasteiger partial charge in [-0.1, -0.05) is 32.1 Å². The third-order valence-corrected chi connectivity index (χ3v) is 13.6. The number of fused-ring (bicyclic) bond motifs is 6. The third-order valence-electron chi connectivity index (χ3n) is 13.6. The molecule has 3 aliphatic heterocycles. The van der Waals surface area contributed by atoms with Crippen molar-refractivity contribution >= 4 is 40.9 Å². The van der Waals surface area contributed by atoms with E-state index in [-0.39, 0.29) is 53.4 Å². The maximum atomic E-state index is 13.9. The number of carbonyl (C=O) groups is 5. The average Bonchev–Trinajstić information content (AvgIpc) is 3.62. The number of amides is 5. The van der Waals surface area contributed by atoms with Gasteiger partial charge in [0, 0.05) is 58.9 Å². The SMILES string of the molecule is C[C@]12C=CC(=O)N[C@@H]1CC[C@@H]1[C@@H]2CC[C@]2(C)[C@@H](C(=O)Nc3cccc(OCCCNc4cccc5c4C(O)N(C4CCC(=O)NC4=O)C5=O)c3)CC[C@@H]12. The van der Waals surface area contributed by atoms with E-state index in [2.05, 4.69) is 41.2 Å². The molecule has 12 heteroatoms. The van der Waals surface area contributed by atoms with Crippen LogP contribution in [0.25, 0.3) is 0 Å². The van der Waals surface area contributed by atoms with Crippen molar-refractivity contribution in [2.75, 3.05) is 23.8 Å². The molecule has 280 valence electrons. The van der Waals surface area contributed by atoms with E-state index in [0.717, 1.165) is 43.4 Å². The second-order valence-corrected chi connectivity index (χ2v) is 16.4. The largest absolute Gasteiger partial charge is 0.493 e. The number of anilines is 2. The summed E-state index contributed by atoms with van der Waals surface area (Å²) in [5.74, 6) is 0.849. The van der Waals surface area contributed by atoms with Crippen LogP contribution in [0.1, 0.15) is 93.8 Å². The molecule has 2 unspecified atom stereocenters. The molecule has 0 radical (unpaired) electrons. The first-order valence-electron chi connectivity index (χ1n) is 19.2. The van der Waals surface area contributed by atoms with Gasteiger partial charge in [0.05, 0.1) is 6.61 Å². The van der Waals surface area contributed by atoms with Gasteiger partial charge in [-0.3, -0.25) is 34.2 Å². The van der Waals surface area contributed by atoms with E-state index in [9.17, 15) is 29.1 Å². The number of rotatable bonds is 9. The zero-order valence-electron chi connectivity index (χ0n) is 30.4. The van der Waals surface area contributed by atoms with Crippen LogP contribution in [-0.4, -0.2) is 64.8 Å². The first-order chi connectivity index (χ1) is 25.5. The number of aliphatic hydroxyl groups excluding tert-OH is 1. The summed E-state index contributed by atoms with van der Waals surface area (Å²) in [4.78, 5) is 64.4. The Morgan fingerprint density at radius 3 is 2.66 bits per heavy atom. The Morgan fingerprint density at radius 2 is 1.83 bits per heavy atom. The number of nitrogens with zero attached hydrogens (tertiary/aromatic N) is 1. The summed E-state index contributed by atoms with van der Waals surface area (Å²) in [5.41, 5.74) is 1.97. The van der Waals surface area contributed by atoms with Crippen molar-refractivity contribution in [1.29, 1.82) is 0 Å². The Hall–Kier alpha value is -4.71. The topological polar surface area (TPSA) is 166 Å². The van der Waals surface area contributed by atoms with Crippen LogP contribution in [-0.2, 0) is 19.2 Å². The molecule has 4 fully saturated rings. The van der Waals surface area contributed by atoms with Crippen molar-refractivity contribution < 1.29 is 33.8 Å². The Kier molecular flexibility index (Phi) is 9.07. The van der Waals surface area contributed by atoms with Gasteiger partial charge in [0.1, 0.15) is 11.8 Å². The maximum absolute atomic E-state index is 13.9. The Labute approximate surface area is 309 Å². The van der Waals surface area contributed by atoms with Gasteiger partial charge in [0.2, 0.25) is 23.6 Å². The summed E-state index contributed by atoms with van der Waals surface area (Å²) >= 11 is 0. The monoisotopic (exact) mass is 723 g/mol. The molecule has 53 heavy (non-hydrogen) atoms. The van der Waals surface area contributed by atoms with Crippen molar-refractivity contribution in [3.05, 3.63) is 65.7 Å². The molecule has 0 aromatic heterocycles. The number of hydrogen-bond donors (Lipinski definition) is 5. The highest BCUT2D eigenvalue weighted by Crippen LogP contribution is 2.65. The summed E-state index contributed by atoms with van der Waals surface area (Å²) < 4.78 is 6.06. The number of nitrogens with one attached hydrogen (secondary N) is 4. The maximum Gasteiger partial charge on any atom is 0.257 e. The standard InChI is InChI=1S/C41H49N5O7/c1-40-18-16-28-25(10-14-32-41(28,2)19-17-34(48)44-32)27(40)11-12-29(40)36(49)43-23-6-3-7-24(22-23)53-21-5-20-42-30-9-4-8-26-35(30)39(52)46(38(26)51)31-13-15-33(47)45-37(31)50/h3-4,6-9,17,19,22,25,27-29,31-32,39,42,52H,5,10-16,18,20-21H2,1-2H3,(H,43,49)(H,44,48)(H,45,47,50)/t25-,27-,28-,29+,31?,32+,39?,40-,41+/m0/s1. The fraction of sp³-hybridized carbons (Fsp3) is 0.537. The molecule has 3 heterocycles. The molecule has 5 amide bonds. The lowest BCUT2D eigenvalue weighted by Gasteiger charge is -2.58. The Bertz CT molecular complexity index is 1880. The fourth-order valence-corrected chi connectivity index (χ4v) is 11.0. The number of carbonyl (C=O) groups excluding carboxylic acids is 5. The lowest BCUT2D eigenvalue weighted by molar-refractivity contribution is -0.139. The molecule has 0 spiro atoms. The van der Waals surface area contributed by atoms with E-state index in [0.29, 0.717) is 65.6 Å². The van der Waals surface area contributed by atoms with Crippen LogP contribution in [0.5, 0.6) is 5.75 Å². The summed E-state index contributed by atoms with van der Waals surface area (Å²) in [7, 11) is 0. The lowest BCUT2D eigenvalue weighted by Crippen LogP contribution is -2.59. The van der Waals surface area contributed by atoms with Crippen molar-refractivity contribution in [2.24, 2.45) is 34.5 Å². The second kappa shape index (κ2) is 13.6. The first kappa shape index (κ1) is 35.3. The summed E-state index contributed by atoms with van der Waals surface area (Å²) in [6.45, 7) is 5.55. The molecule has 6 aliphatic rings. The van der Waals surface area contributed by atoms with E-state index >= 15 is 0 Å². The zero-order valence-corrected chi connectivity index (χ0v) is 30.4. The molecule has 3 aliphatic carbocycles. The van der Waals surface area contributed by atoms with Gasteiger partial charge in [-0.05, 0) is 105 Å². The molecule has 0 bridgehead atoms. The molecular weight excluding hydrogens is 674 g/mol. The summed E-state index contributed by atoms with van der Waals surface area (Å²) in [5, 5.41) is 23.1. The van der Waals surface area contributed by atoms with Gasteiger partial charge >= 0.3 is 0 Å². The van der Waals surface area contributed by atoms with Crippen molar-refractivity contribution in [3.8, 4) is 5.75 Å². The smallest absolute Gasteiger partial charge is 0.257 e. The van der Waals surface area contributed by atoms with E-state index in [1.165, 1.54) is 0 Å². The van der Waals surface area contributed by atoms with Crippen LogP contribution in [0.2, 0.25) is 0 Å². The van der Waals surface area contributed by atoms with Gasteiger partial charge in [-0.2, -0.15) is 0 Å². The van der Waals surface area contributed by atoms with Crippen LogP contribution < -0.4 is 26.0 Å². The minimum absolute atomic E-state index is 0.0190. The van der Waals surface area contributed by atoms with Crippen molar-refractivity contribution in [3.63, 3.8) is 0 Å². The van der Waals surface area contributed by atoms with Crippen LogP contribution in [0.4, 0.5) is 11.4 Å². The van der Waals surface area contributed by atoms with Gasteiger partial charge in [0.15, 0.2) is 6.23 Å². The Balaban J connectivity index is 0.841. The summed E-state index contributed by atoms with van der Waals surface area (Å²) in [6.07, 6.45) is 9.58. The molecule has 9 atom stereocenters. The van der Waals surface area contributed by atoms with Gasteiger partial charge in [0.25, 0.3) is 5.91 Å². The highest BCUT2D eigenvalue weighted by Gasteiger charge is 2.61. The number of piperidine rings is 1. The molecule has 8 rings (SSSR count). The molecule has 1 saturated heterocycles. The molecule has 3 saturated carbocycles. The van der Waals surface area contributed by atoms with Crippen LogP contribution in [0, 0.1) is 34.5 Å². The predicted octanol–water partition coefficient (Wildman–Crippen LogP) is 4.67. The third kappa shape index (κ3) is 6.08. The number of benzene rings is 2. The number of hydrogen-bond acceptors (Lipinski definition) is 8. The highest BCUT2D eigenvalue weighted by molar-refractivity contribution is 6.06. The predicted molar refractivity (Wildman–Crippen MR) is 196 cm³/mol. The zero-order chi connectivity index (χ0) is 37.1. The molecule has 2 aromatic rings. The van der Waals surface area contributed by atoms with Crippen LogP contribution >= 0.6 is 0 Å². The van der Waals surface area contributed by atoms with Crippen molar-refractivity contribution in [1.82, 2.24) is 15.5 Å². The van der Waals surface area contributed by atoms with E-state index in [4.69, 9.17) is 4.74 Å². The summed E-state index contributed by atoms with van der Waals surface area (Å²) in [6, 6.07) is 11.9. The normalized spacial score (nSPS) is 34.3. The van der Waals surface area contributed by atoms with E-state index in [1.807, 2.05) is 24.3 Å². The van der Waals surface area contributed by atoms with Crippen molar-refractivity contribution in [2.45, 2.75) is 89.9 Å². The molecule has 5 N–H and O–H groups in total. The number of aliphatic hydroxyl groups is 1. The molecular formula is C41H49N5O7.